The van der Waals surface area contributed by atoms with Crippen LogP contribution in [-0.4, -0.2) is 26.6 Å². The van der Waals surface area contributed by atoms with Gasteiger partial charge in [0.1, 0.15) is 6.61 Å². The Bertz CT molecular complexity index is 746. The molecule has 0 bridgehead atoms. The highest BCUT2D eigenvalue weighted by atomic mass is 32.2. The van der Waals surface area contributed by atoms with E-state index in [1.807, 2.05) is 0 Å². The number of ether oxygens (including phenoxy) is 1. The van der Waals surface area contributed by atoms with E-state index in [2.05, 4.69) is 4.98 Å². The highest BCUT2D eigenvalue weighted by Gasteiger charge is 2.31. The molecule has 0 atom stereocenters. The summed E-state index contributed by atoms with van der Waals surface area (Å²) in [6.07, 6.45) is 1.54. The minimum atomic E-state index is -3.69. The molecule has 2 heterocycles. The minimum absolute atomic E-state index is 0.149. The average molecular weight is 291 g/mol. The Labute approximate surface area is 116 Å². The fraction of sp³-hybridized carbons (Fsp3) is 0.154. The Kier molecular flexibility index (Phi) is 2.98. The van der Waals surface area contributed by atoms with E-state index in [9.17, 15) is 8.42 Å². The molecule has 20 heavy (non-hydrogen) atoms. The number of hydrogen-bond donors (Lipinski definition) is 1. The van der Waals surface area contributed by atoms with Crippen molar-refractivity contribution in [2.45, 2.75) is 4.90 Å². The Hall–Kier alpha value is -2.28. The monoisotopic (exact) mass is 291 g/mol. The number of rotatable bonds is 2. The predicted molar refractivity (Wildman–Crippen MR) is 75.1 cm³/mol. The largest absolute Gasteiger partial charge is 0.488 e. The lowest BCUT2D eigenvalue weighted by Gasteiger charge is -2.29. The van der Waals surface area contributed by atoms with Crippen molar-refractivity contribution in [3.8, 4) is 5.75 Å². The summed E-state index contributed by atoms with van der Waals surface area (Å²) in [5.41, 5.74) is 6.06. The van der Waals surface area contributed by atoms with Crippen molar-refractivity contribution in [3.63, 3.8) is 0 Å². The first-order valence-corrected chi connectivity index (χ1v) is 7.49. The molecule has 7 heteroatoms. The van der Waals surface area contributed by atoms with Crippen LogP contribution in [0.2, 0.25) is 0 Å². The fourth-order valence-corrected chi connectivity index (χ4v) is 3.53. The quantitative estimate of drug-likeness (QED) is 0.842. The molecule has 0 saturated heterocycles. The van der Waals surface area contributed by atoms with Gasteiger partial charge in [0.15, 0.2) is 11.6 Å². The van der Waals surface area contributed by atoms with Crippen LogP contribution in [0.25, 0.3) is 0 Å². The lowest BCUT2D eigenvalue weighted by molar-refractivity contribution is 0.313. The van der Waals surface area contributed by atoms with Crippen LogP contribution in [0.5, 0.6) is 5.75 Å². The average Bonchev–Trinajstić information content (AvgIpc) is 2.46. The zero-order valence-corrected chi connectivity index (χ0v) is 11.4. The highest BCUT2D eigenvalue weighted by molar-refractivity contribution is 7.92. The molecule has 0 unspecified atom stereocenters. The van der Waals surface area contributed by atoms with Crippen molar-refractivity contribution in [1.82, 2.24) is 4.98 Å². The van der Waals surface area contributed by atoms with Crippen molar-refractivity contribution >= 4 is 21.5 Å². The van der Waals surface area contributed by atoms with E-state index in [0.29, 0.717) is 23.9 Å². The topological polar surface area (TPSA) is 85.5 Å². The molecule has 2 N–H and O–H groups in total. The first kappa shape index (κ1) is 12.7. The van der Waals surface area contributed by atoms with Crippen LogP contribution in [0.4, 0.5) is 11.5 Å². The first-order valence-electron chi connectivity index (χ1n) is 6.05. The number of nitrogens with zero attached hydrogens (tertiary/aromatic N) is 2. The number of nitrogen functional groups attached to an aromatic ring is 1. The summed E-state index contributed by atoms with van der Waals surface area (Å²) in [6, 6.07) is 9.61. The van der Waals surface area contributed by atoms with Crippen molar-refractivity contribution < 1.29 is 13.2 Å². The Morgan fingerprint density at radius 2 is 2.10 bits per heavy atom. The van der Waals surface area contributed by atoms with E-state index in [-0.39, 0.29) is 11.4 Å². The standard InChI is InChI=1S/C13H13N3O3S/c14-10-3-1-4-11(9-10)20(17,18)16-7-8-19-12-5-2-6-15-13(12)16/h1-6,9H,7-8,14H2. The number of aromatic nitrogens is 1. The van der Waals surface area contributed by atoms with Gasteiger partial charge in [-0.05, 0) is 30.3 Å². The Morgan fingerprint density at radius 1 is 1.25 bits per heavy atom. The van der Waals surface area contributed by atoms with E-state index < -0.39 is 10.0 Å². The van der Waals surface area contributed by atoms with Gasteiger partial charge in [0, 0.05) is 11.9 Å². The van der Waals surface area contributed by atoms with E-state index in [4.69, 9.17) is 10.5 Å². The predicted octanol–water partition coefficient (Wildman–Crippen LogP) is 1.25. The summed E-state index contributed by atoms with van der Waals surface area (Å²) in [4.78, 5) is 4.25. The lowest BCUT2D eigenvalue weighted by atomic mass is 10.3. The molecule has 1 aliphatic rings. The lowest BCUT2D eigenvalue weighted by Crippen LogP contribution is -2.38. The second kappa shape index (κ2) is 4.68. The maximum Gasteiger partial charge on any atom is 0.265 e. The van der Waals surface area contributed by atoms with Crippen LogP contribution in [0, 0.1) is 0 Å². The summed E-state index contributed by atoms with van der Waals surface area (Å²) < 4.78 is 32.0. The van der Waals surface area contributed by atoms with E-state index >= 15 is 0 Å². The minimum Gasteiger partial charge on any atom is -0.488 e. The molecule has 3 rings (SSSR count). The van der Waals surface area contributed by atoms with Gasteiger partial charge >= 0.3 is 0 Å². The number of benzene rings is 1. The number of nitrogens with two attached hydrogens (primary N) is 1. The number of sulfonamides is 1. The molecule has 0 saturated carbocycles. The van der Waals surface area contributed by atoms with Gasteiger partial charge in [-0.15, -0.1) is 0 Å². The van der Waals surface area contributed by atoms with E-state index in [1.54, 1.807) is 24.3 Å². The molecule has 1 aromatic carbocycles. The molecule has 6 nitrogen and oxygen atoms in total. The molecule has 2 aromatic rings. The zero-order valence-electron chi connectivity index (χ0n) is 10.6. The Morgan fingerprint density at radius 3 is 2.90 bits per heavy atom. The van der Waals surface area contributed by atoms with Gasteiger partial charge in [-0.25, -0.2) is 17.7 Å². The number of anilines is 2. The van der Waals surface area contributed by atoms with Crippen LogP contribution in [0.1, 0.15) is 0 Å². The van der Waals surface area contributed by atoms with Crippen molar-refractivity contribution in [3.05, 3.63) is 42.6 Å². The fourth-order valence-electron chi connectivity index (χ4n) is 2.06. The van der Waals surface area contributed by atoms with Crippen LogP contribution in [0.3, 0.4) is 0 Å². The number of fused-ring (bicyclic) bond motifs is 1. The summed E-state index contributed by atoms with van der Waals surface area (Å²) >= 11 is 0. The summed E-state index contributed by atoms with van der Waals surface area (Å²) in [5.74, 6) is 0.771. The van der Waals surface area contributed by atoms with Gasteiger partial charge in [0.25, 0.3) is 10.0 Å². The van der Waals surface area contributed by atoms with E-state index in [1.165, 1.54) is 22.6 Å². The van der Waals surface area contributed by atoms with Crippen LogP contribution < -0.4 is 14.8 Å². The highest BCUT2D eigenvalue weighted by Crippen LogP contribution is 2.32. The zero-order chi connectivity index (χ0) is 14.2. The number of hydrogen-bond acceptors (Lipinski definition) is 5. The van der Waals surface area contributed by atoms with Crippen LogP contribution in [-0.2, 0) is 10.0 Å². The van der Waals surface area contributed by atoms with Gasteiger partial charge < -0.3 is 10.5 Å². The van der Waals surface area contributed by atoms with Gasteiger partial charge in [0.2, 0.25) is 0 Å². The SMILES string of the molecule is Nc1cccc(S(=O)(=O)N2CCOc3cccnc32)c1. The van der Waals surface area contributed by atoms with Crippen molar-refractivity contribution in [1.29, 1.82) is 0 Å². The maximum absolute atomic E-state index is 12.7. The maximum atomic E-state index is 12.7. The molecule has 0 aliphatic carbocycles. The molecule has 0 spiro atoms. The van der Waals surface area contributed by atoms with Crippen LogP contribution in [0.15, 0.2) is 47.5 Å². The van der Waals surface area contributed by atoms with Gasteiger partial charge in [-0.2, -0.15) is 0 Å². The molecule has 0 amide bonds. The van der Waals surface area contributed by atoms with Gasteiger partial charge in [-0.1, -0.05) is 6.07 Å². The molecule has 1 aromatic heterocycles. The van der Waals surface area contributed by atoms with Gasteiger partial charge in [-0.3, -0.25) is 0 Å². The van der Waals surface area contributed by atoms with Gasteiger partial charge in [0.05, 0.1) is 11.4 Å². The van der Waals surface area contributed by atoms with Crippen molar-refractivity contribution in [2.24, 2.45) is 0 Å². The molecule has 104 valence electrons. The normalized spacial score (nSPS) is 14.5. The summed E-state index contributed by atoms with van der Waals surface area (Å²) in [7, 11) is -3.69. The third kappa shape index (κ3) is 2.05. The molecule has 0 radical (unpaired) electrons. The third-order valence-electron chi connectivity index (χ3n) is 2.99. The Balaban J connectivity index is 2.10. The second-order valence-electron chi connectivity index (χ2n) is 4.32. The summed E-state index contributed by atoms with van der Waals surface area (Å²) in [5, 5.41) is 0. The molecular formula is C13H13N3O3S. The molecule has 1 aliphatic heterocycles. The third-order valence-corrected chi connectivity index (χ3v) is 4.77. The summed E-state index contributed by atoms with van der Waals surface area (Å²) in [6.45, 7) is 0.515. The first-order chi connectivity index (χ1) is 9.59. The smallest absolute Gasteiger partial charge is 0.265 e. The van der Waals surface area contributed by atoms with Crippen LogP contribution >= 0.6 is 0 Å². The second-order valence-corrected chi connectivity index (χ2v) is 6.19. The number of pyridine rings is 1. The molecular weight excluding hydrogens is 278 g/mol. The van der Waals surface area contributed by atoms with E-state index in [0.717, 1.165) is 0 Å². The molecule has 0 fully saturated rings. The van der Waals surface area contributed by atoms with Crippen molar-refractivity contribution in [2.75, 3.05) is 23.2 Å².